The van der Waals surface area contributed by atoms with E-state index in [0.29, 0.717) is 6.54 Å². The first-order valence-corrected chi connectivity index (χ1v) is 9.98. The fourth-order valence-electron chi connectivity index (χ4n) is 2.61. The zero-order valence-corrected chi connectivity index (χ0v) is 16.5. The number of carbonyl (C=O) groups excluding carboxylic acids is 1. The zero-order chi connectivity index (χ0) is 20.0. The number of carbonyl (C=O) groups is 1. The average molecular weight is 394 g/mol. The minimum absolute atomic E-state index is 0.0569. The summed E-state index contributed by atoms with van der Waals surface area (Å²) in [6.45, 7) is 0.832. The van der Waals surface area contributed by atoms with Crippen molar-refractivity contribution in [1.29, 1.82) is 0 Å². The van der Waals surface area contributed by atoms with Crippen LogP contribution in [-0.4, -0.2) is 46.3 Å². The Labute approximate surface area is 159 Å². The van der Waals surface area contributed by atoms with Crippen LogP contribution in [0.3, 0.4) is 0 Å². The van der Waals surface area contributed by atoms with Crippen LogP contribution < -0.4 is 10.2 Å². The van der Waals surface area contributed by atoms with E-state index in [0.717, 1.165) is 34.1 Å². The number of amides is 1. The highest BCUT2D eigenvalue weighted by Crippen LogP contribution is 2.14. The van der Waals surface area contributed by atoms with E-state index in [1.165, 1.54) is 24.1 Å². The number of hydrogen-bond acceptors (Lipinski definition) is 3. The summed E-state index contributed by atoms with van der Waals surface area (Å²) in [5.41, 5.74) is 2.13. The van der Waals surface area contributed by atoms with Crippen molar-refractivity contribution in [3.63, 3.8) is 0 Å². The molecule has 0 bridgehead atoms. The van der Waals surface area contributed by atoms with Gasteiger partial charge in [-0.2, -0.15) is 4.31 Å². The third-order valence-electron chi connectivity index (χ3n) is 4.03. The molecule has 146 valence electrons. The molecule has 0 aliphatic rings. The quantitative estimate of drug-likeness (QED) is 0.681. The van der Waals surface area contributed by atoms with Gasteiger partial charge in [0.1, 0.15) is 12.4 Å². The summed E-state index contributed by atoms with van der Waals surface area (Å²) in [5.74, 6) is -0.928. The van der Waals surface area contributed by atoms with Gasteiger partial charge in [-0.15, -0.1) is 0 Å². The Morgan fingerprint density at radius 1 is 1.07 bits per heavy atom. The molecule has 6 nitrogen and oxygen atoms in total. The summed E-state index contributed by atoms with van der Waals surface area (Å²) in [6.07, 6.45) is 0. The molecule has 0 spiro atoms. The number of halogens is 1. The molecule has 2 N–H and O–H groups in total. The van der Waals surface area contributed by atoms with Crippen molar-refractivity contribution < 1.29 is 22.5 Å². The third-order valence-corrected chi connectivity index (χ3v) is 5.84. The second-order valence-corrected chi connectivity index (χ2v) is 8.69. The highest BCUT2D eigenvalue weighted by atomic mass is 32.2. The summed E-state index contributed by atoms with van der Waals surface area (Å²) in [5, 5.41) is 2.76. The molecule has 0 saturated carbocycles. The minimum atomic E-state index is -3.86. The molecule has 0 saturated heterocycles. The number of benzene rings is 2. The first-order chi connectivity index (χ1) is 12.7. The summed E-state index contributed by atoms with van der Waals surface area (Å²) in [6, 6.07) is 12.3. The molecule has 2 aromatic carbocycles. The molecule has 2 aromatic rings. The van der Waals surface area contributed by atoms with Gasteiger partial charge in [-0.3, -0.25) is 4.79 Å². The summed E-state index contributed by atoms with van der Waals surface area (Å²) in [4.78, 5) is 13.4. The van der Waals surface area contributed by atoms with E-state index in [-0.39, 0.29) is 11.4 Å². The van der Waals surface area contributed by atoms with Crippen molar-refractivity contribution in [1.82, 2.24) is 9.62 Å². The third kappa shape index (κ3) is 5.85. The highest BCUT2D eigenvalue weighted by Gasteiger charge is 2.23. The number of nitrogens with one attached hydrogen (secondary N) is 2. The SMILES string of the molecule is CN(CC(=O)NCc1ccccc1C[NH+](C)C)S(=O)(=O)c1ccc(F)cc1. The Balaban J connectivity index is 1.98. The summed E-state index contributed by atoms with van der Waals surface area (Å²) in [7, 11) is 1.56. The van der Waals surface area contributed by atoms with Crippen LogP contribution in [0.1, 0.15) is 11.1 Å². The van der Waals surface area contributed by atoms with Crippen LogP contribution in [0, 0.1) is 5.82 Å². The molecule has 0 atom stereocenters. The molecule has 0 aromatic heterocycles. The van der Waals surface area contributed by atoms with Gasteiger partial charge in [0.2, 0.25) is 15.9 Å². The van der Waals surface area contributed by atoms with Gasteiger partial charge in [0.05, 0.1) is 25.5 Å². The molecular formula is C19H25FN3O3S+. The Kier molecular flexibility index (Phi) is 7.06. The Morgan fingerprint density at radius 3 is 2.26 bits per heavy atom. The van der Waals surface area contributed by atoms with E-state index in [2.05, 4.69) is 5.32 Å². The van der Waals surface area contributed by atoms with E-state index in [9.17, 15) is 17.6 Å². The van der Waals surface area contributed by atoms with Crippen molar-refractivity contribution in [2.75, 3.05) is 27.7 Å². The van der Waals surface area contributed by atoms with Gasteiger partial charge < -0.3 is 10.2 Å². The van der Waals surface area contributed by atoms with Crippen molar-refractivity contribution in [2.45, 2.75) is 18.0 Å². The molecule has 0 radical (unpaired) electrons. The van der Waals surface area contributed by atoms with Gasteiger partial charge in [0.25, 0.3) is 0 Å². The molecule has 8 heteroatoms. The number of likely N-dealkylation sites (N-methyl/N-ethyl adjacent to an activating group) is 1. The first kappa shape index (κ1) is 21.0. The van der Waals surface area contributed by atoms with Crippen LogP contribution in [0.5, 0.6) is 0 Å². The number of hydrogen-bond donors (Lipinski definition) is 2. The lowest BCUT2D eigenvalue weighted by Crippen LogP contribution is -3.04. The maximum absolute atomic E-state index is 13.0. The number of rotatable bonds is 8. The maximum Gasteiger partial charge on any atom is 0.243 e. The summed E-state index contributed by atoms with van der Waals surface area (Å²) >= 11 is 0. The predicted molar refractivity (Wildman–Crippen MR) is 101 cm³/mol. The van der Waals surface area contributed by atoms with Gasteiger partial charge in [-0.1, -0.05) is 24.3 Å². The lowest BCUT2D eigenvalue weighted by atomic mass is 10.1. The van der Waals surface area contributed by atoms with Gasteiger partial charge in [-0.05, 0) is 29.8 Å². The molecule has 1 amide bonds. The number of sulfonamides is 1. The first-order valence-electron chi connectivity index (χ1n) is 8.54. The van der Waals surface area contributed by atoms with Crippen LogP contribution in [-0.2, 0) is 27.9 Å². The predicted octanol–water partition coefficient (Wildman–Crippen LogP) is 0.407. The highest BCUT2D eigenvalue weighted by molar-refractivity contribution is 7.89. The van der Waals surface area contributed by atoms with Crippen molar-refractivity contribution in [3.05, 3.63) is 65.5 Å². The molecule has 27 heavy (non-hydrogen) atoms. The van der Waals surface area contributed by atoms with E-state index >= 15 is 0 Å². The molecule has 0 aliphatic carbocycles. The molecule has 0 unspecified atom stereocenters. The summed E-state index contributed by atoms with van der Waals surface area (Å²) < 4.78 is 38.8. The molecule has 0 heterocycles. The van der Waals surface area contributed by atoms with E-state index in [1.807, 2.05) is 38.4 Å². The molecule has 0 fully saturated rings. The smallest absolute Gasteiger partial charge is 0.243 e. The zero-order valence-electron chi connectivity index (χ0n) is 15.7. The lowest BCUT2D eigenvalue weighted by Gasteiger charge is -2.17. The monoisotopic (exact) mass is 394 g/mol. The second kappa shape index (κ2) is 9.07. The van der Waals surface area contributed by atoms with Crippen molar-refractivity contribution >= 4 is 15.9 Å². The van der Waals surface area contributed by atoms with Crippen LogP contribution >= 0.6 is 0 Å². The Morgan fingerprint density at radius 2 is 1.67 bits per heavy atom. The fraction of sp³-hybridized carbons (Fsp3) is 0.316. The van der Waals surface area contributed by atoms with Gasteiger partial charge in [0.15, 0.2) is 0 Å². The second-order valence-electron chi connectivity index (χ2n) is 6.64. The van der Waals surface area contributed by atoms with Crippen molar-refractivity contribution in [2.24, 2.45) is 0 Å². The van der Waals surface area contributed by atoms with Crippen LogP contribution in [0.2, 0.25) is 0 Å². The van der Waals surface area contributed by atoms with E-state index < -0.39 is 21.7 Å². The Bertz CT molecular complexity index is 883. The normalized spacial score (nSPS) is 11.8. The fourth-order valence-corrected chi connectivity index (χ4v) is 3.73. The van der Waals surface area contributed by atoms with Gasteiger partial charge >= 0.3 is 0 Å². The van der Waals surface area contributed by atoms with Crippen LogP contribution in [0.25, 0.3) is 0 Å². The van der Waals surface area contributed by atoms with Crippen molar-refractivity contribution in [3.8, 4) is 0 Å². The largest absolute Gasteiger partial charge is 0.351 e. The van der Waals surface area contributed by atoms with E-state index in [4.69, 9.17) is 0 Å². The minimum Gasteiger partial charge on any atom is -0.351 e. The maximum atomic E-state index is 13.0. The molecule has 2 rings (SSSR count). The number of quaternary nitrogens is 1. The van der Waals surface area contributed by atoms with E-state index in [1.54, 1.807) is 0 Å². The van der Waals surface area contributed by atoms with Crippen LogP contribution in [0.15, 0.2) is 53.4 Å². The molecule has 0 aliphatic heterocycles. The van der Waals surface area contributed by atoms with Gasteiger partial charge in [-0.25, -0.2) is 12.8 Å². The lowest BCUT2D eigenvalue weighted by molar-refractivity contribution is -0.872. The molecular weight excluding hydrogens is 369 g/mol. The standard InChI is InChI=1S/C19H24FN3O3S/c1-22(2)13-16-7-5-4-6-15(16)12-21-19(24)14-23(3)27(25,26)18-10-8-17(20)9-11-18/h4-11H,12-14H2,1-3H3,(H,21,24)/p+1. The van der Waals surface area contributed by atoms with Gasteiger partial charge in [0, 0.05) is 19.2 Å². The van der Waals surface area contributed by atoms with Crippen LogP contribution in [0.4, 0.5) is 4.39 Å². The topological polar surface area (TPSA) is 70.9 Å². The number of nitrogens with zero attached hydrogens (tertiary/aromatic N) is 1. The average Bonchev–Trinajstić information content (AvgIpc) is 2.61. The Hall–Kier alpha value is -2.29.